The topological polar surface area (TPSA) is 98.9 Å². The summed E-state index contributed by atoms with van der Waals surface area (Å²) >= 11 is 0. The molecule has 1 aromatic heterocycles. The van der Waals surface area contributed by atoms with Gasteiger partial charge in [0.25, 0.3) is 5.91 Å². The molecule has 0 radical (unpaired) electrons. The molecule has 0 spiro atoms. The summed E-state index contributed by atoms with van der Waals surface area (Å²) in [7, 11) is 0. The van der Waals surface area contributed by atoms with Gasteiger partial charge in [-0.3, -0.25) is 14.7 Å². The minimum Gasteiger partial charge on any atom is -0.354 e. The van der Waals surface area contributed by atoms with Gasteiger partial charge >= 0.3 is 0 Å². The second-order valence-corrected chi connectivity index (χ2v) is 6.27. The average Bonchev–Trinajstić information content (AvgIpc) is 3.04. The number of hydrogen-bond donors (Lipinski definition) is 4. The lowest BCUT2D eigenvalue weighted by molar-refractivity contribution is -0.122. The minimum absolute atomic E-state index is 0.172. The number of rotatable bonds is 5. The largest absolute Gasteiger partial charge is 0.354 e. The van der Waals surface area contributed by atoms with Crippen molar-refractivity contribution in [3.8, 4) is 0 Å². The Morgan fingerprint density at radius 3 is 3.00 bits per heavy atom. The maximum absolute atomic E-state index is 12.4. The summed E-state index contributed by atoms with van der Waals surface area (Å²) in [6, 6.07) is 6.80. The first-order chi connectivity index (χ1) is 11.6. The zero-order valence-corrected chi connectivity index (χ0v) is 13.8. The summed E-state index contributed by atoms with van der Waals surface area (Å²) in [6.45, 7) is 4.30. The zero-order chi connectivity index (χ0) is 16.9. The SMILES string of the molecule is CC(NC(=O)c1n[nH]c2ccccc12)C(=O)NCC1CCCNC1. The van der Waals surface area contributed by atoms with Crippen molar-refractivity contribution in [2.45, 2.75) is 25.8 Å². The number of piperidine rings is 1. The molecule has 1 aromatic carbocycles. The van der Waals surface area contributed by atoms with Crippen molar-refractivity contribution in [2.75, 3.05) is 19.6 Å². The molecule has 2 heterocycles. The molecule has 2 atom stereocenters. The standard InChI is InChI=1S/C17H23N5O2/c1-11(16(23)19-10-12-5-4-8-18-9-12)20-17(24)15-13-6-2-3-7-14(13)21-22-15/h2-3,6-7,11-12,18H,4-5,8-10H2,1H3,(H,19,23)(H,20,24)(H,21,22). The molecular formula is C17H23N5O2. The van der Waals surface area contributed by atoms with Gasteiger partial charge in [0.1, 0.15) is 6.04 Å². The summed E-state index contributed by atoms with van der Waals surface area (Å²) in [5.41, 5.74) is 1.10. The molecule has 1 aliphatic heterocycles. The summed E-state index contributed by atoms with van der Waals surface area (Å²) in [6.07, 6.45) is 2.26. The number of fused-ring (bicyclic) bond motifs is 1. The molecule has 0 bridgehead atoms. The number of H-pyrrole nitrogens is 1. The molecule has 1 fully saturated rings. The van der Waals surface area contributed by atoms with Gasteiger partial charge < -0.3 is 16.0 Å². The second-order valence-electron chi connectivity index (χ2n) is 6.27. The first-order valence-electron chi connectivity index (χ1n) is 8.37. The van der Waals surface area contributed by atoms with Crippen LogP contribution in [0.15, 0.2) is 24.3 Å². The molecule has 24 heavy (non-hydrogen) atoms. The van der Waals surface area contributed by atoms with Crippen molar-refractivity contribution >= 4 is 22.7 Å². The van der Waals surface area contributed by atoms with Gasteiger partial charge in [-0.05, 0) is 44.8 Å². The highest BCUT2D eigenvalue weighted by Crippen LogP contribution is 2.15. The number of amides is 2. The van der Waals surface area contributed by atoms with Gasteiger partial charge in [0.15, 0.2) is 5.69 Å². The van der Waals surface area contributed by atoms with Crippen LogP contribution < -0.4 is 16.0 Å². The Hall–Kier alpha value is -2.41. The molecule has 1 aliphatic rings. The van der Waals surface area contributed by atoms with Crippen molar-refractivity contribution in [1.29, 1.82) is 0 Å². The number of nitrogens with zero attached hydrogens (tertiary/aromatic N) is 1. The van der Waals surface area contributed by atoms with Crippen molar-refractivity contribution < 1.29 is 9.59 Å². The smallest absolute Gasteiger partial charge is 0.273 e. The lowest BCUT2D eigenvalue weighted by Gasteiger charge is -2.23. The van der Waals surface area contributed by atoms with Crippen LogP contribution in [0.1, 0.15) is 30.3 Å². The van der Waals surface area contributed by atoms with Gasteiger partial charge in [0, 0.05) is 11.9 Å². The summed E-state index contributed by atoms with van der Waals surface area (Å²) in [4.78, 5) is 24.5. The molecule has 0 saturated carbocycles. The number of nitrogens with one attached hydrogen (secondary N) is 4. The Morgan fingerprint density at radius 1 is 1.38 bits per heavy atom. The Kier molecular flexibility index (Phi) is 5.10. The van der Waals surface area contributed by atoms with E-state index in [-0.39, 0.29) is 11.8 Å². The normalized spacial score (nSPS) is 19.0. The van der Waals surface area contributed by atoms with E-state index in [0.29, 0.717) is 18.2 Å². The number of carbonyl (C=O) groups excluding carboxylic acids is 2. The zero-order valence-electron chi connectivity index (χ0n) is 13.8. The van der Waals surface area contributed by atoms with Crippen LogP contribution >= 0.6 is 0 Å². The highest BCUT2D eigenvalue weighted by molar-refractivity contribution is 6.05. The Labute approximate surface area is 140 Å². The lowest BCUT2D eigenvalue weighted by atomic mass is 10.00. The van der Waals surface area contributed by atoms with Crippen molar-refractivity contribution in [3.63, 3.8) is 0 Å². The molecule has 3 rings (SSSR count). The number of para-hydroxylation sites is 1. The first kappa shape index (κ1) is 16.4. The van der Waals surface area contributed by atoms with Crippen LogP contribution in [-0.2, 0) is 4.79 Å². The third-order valence-electron chi connectivity index (χ3n) is 4.39. The number of aromatic nitrogens is 2. The third-order valence-corrected chi connectivity index (χ3v) is 4.39. The van der Waals surface area contributed by atoms with Gasteiger partial charge in [-0.1, -0.05) is 18.2 Å². The molecule has 0 aliphatic carbocycles. The van der Waals surface area contributed by atoms with Gasteiger partial charge in [0.2, 0.25) is 5.91 Å². The summed E-state index contributed by atoms with van der Waals surface area (Å²) < 4.78 is 0. The Balaban J connectivity index is 1.54. The van der Waals surface area contributed by atoms with Gasteiger partial charge in [-0.25, -0.2) is 0 Å². The van der Waals surface area contributed by atoms with Crippen LogP contribution in [0.2, 0.25) is 0 Å². The van der Waals surface area contributed by atoms with Crippen molar-refractivity contribution in [2.24, 2.45) is 5.92 Å². The molecule has 1 saturated heterocycles. The molecule has 2 amide bonds. The quantitative estimate of drug-likeness (QED) is 0.652. The highest BCUT2D eigenvalue weighted by atomic mass is 16.2. The van der Waals surface area contributed by atoms with E-state index in [4.69, 9.17) is 0 Å². The van der Waals surface area contributed by atoms with E-state index in [1.54, 1.807) is 6.92 Å². The van der Waals surface area contributed by atoms with E-state index in [0.717, 1.165) is 36.8 Å². The third kappa shape index (κ3) is 3.73. The van der Waals surface area contributed by atoms with Gasteiger partial charge in [-0.2, -0.15) is 5.10 Å². The summed E-state index contributed by atoms with van der Waals surface area (Å²) in [5, 5.41) is 16.6. The average molecular weight is 329 g/mol. The van der Waals surface area contributed by atoms with Gasteiger partial charge in [0.05, 0.1) is 5.52 Å². The number of aromatic amines is 1. The molecule has 7 heteroatoms. The van der Waals surface area contributed by atoms with Gasteiger partial charge in [-0.15, -0.1) is 0 Å². The van der Waals surface area contributed by atoms with E-state index < -0.39 is 6.04 Å². The minimum atomic E-state index is -0.607. The first-order valence-corrected chi connectivity index (χ1v) is 8.37. The Bertz CT molecular complexity index is 721. The molecule has 4 N–H and O–H groups in total. The van der Waals surface area contributed by atoms with E-state index in [9.17, 15) is 9.59 Å². The fraction of sp³-hybridized carbons (Fsp3) is 0.471. The molecule has 128 valence electrons. The maximum atomic E-state index is 12.4. The van der Waals surface area contributed by atoms with Crippen LogP contribution in [-0.4, -0.2) is 47.7 Å². The highest BCUT2D eigenvalue weighted by Gasteiger charge is 2.21. The van der Waals surface area contributed by atoms with Crippen LogP contribution in [0.4, 0.5) is 0 Å². The Morgan fingerprint density at radius 2 is 2.21 bits per heavy atom. The predicted octanol–water partition coefficient (Wildman–Crippen LogP) is 0.797. The van der Waals surface area contributed by atoms with Crippen molar-refractivity contribution in [1.82, 2.24) is 26.1 Å². The second kappa shape index (κ2) is 7.44. The fourth-order valence-corrected chi connectivity index (χ4v) is 2.96. The monoisotopic (exact) mass is 329 g/mol. The van der Waals surface area contributed by atoms with E-state index in [1.165, 1.54) is 0 Å². The molecule has 2 unspecified atom stereocenters. The maximum Gasteiger partial charge on any atom is 0.273 e. The number of carbonyl (C=O) groups is 2. The predicted molar refractivity (Wildman–Crippen MR) is 91.6 cm³/mol. The fourth-order valence-electron chi connectivity index (χ4n) is 2.96. The number of benzene rings is 1. The van der Waals surface area contributed by atoms with Crippen LogP contribution in [0, 0.1) is 5.92 Å². The number of hydrogen-bond acceptors (Lipinski definition) is 4. The van der Waals surface area contributed by atoms with Crippen molar-refractivity contribution in [3.05, 3.63) is 30.0 Å². The van der Waals surface area contributed by atoms with E-state index in [2.05, 4.69) is 26.1 Å². The van der Waals surface area contributed by atoms with Crippen LogP contribution in [0.25, 0.3) is 10.9 Å². The van der Waals surface area contributed by atoms with E-state index >= 15 is 0 Å². The van der Waals surface area contributed by atoms with Crippen LogP contribution in [0.3, 0.4) is 0 Å². The molecular weight excluding hydrogens is 306 g/mol. The molecule has 7 nitrogen and oxygen atoms in total. The summed E-state index contributed by atoms with van der Waals surface area (Å²) in [5.74, 6) is -0.0657. The molecule has 2 aromatic rings. The van der Waals surface area contributed by atoms with Crippen LogP contribution in [0.5, 0.6) is 0 Å². The van der Waals surface area contributed by atoms with E-state index in [1.807, 2.05) is 24.3 Å². The lowest BCUT2D eigenvalue weighted by Crippen LogP contribution is -2.47.